The minimum atomic E-state index is 0.839. The number of nitrogens with zero attached hydrogens (tertiary/aromatic N) is 1. The second-order valence-electron chi connectivity index (χ2n) is 1.89. The predicted octanol–water partition coefficient (Wildman–Crippen LogP) is 1.70. The average Bonchev–Trinajstić information content (AvgIpc) is 2.33. The van der Waals surface area contributed by atoms with Crippen LogP contribution in [0.25, 0.3) is 0 Å². The highest BCUT2D eigenvalue weighted by molar-refractivity contribution is 7.14. The molecule has 2 heterocycles. The molecule has 1 N–H and O–H groups in total. The van der Waals surface area contributed by atoms with Crippen LogP contribution in [0.3, 0.4) is 0 Å². The van der Waals surface area contributed by atoms with Crippen LogP contribution >= 0.6 is 11.3 Å². The van der Waals surface area contributed by atoms with Crippen LogP contribution in [0, 0.1) is 0 Å². The molecule has 0 radical (unpaired) electrons. The lowest BCUT2D eigenvalue weighted by molar-refractivity contribution is 1.07. The van der Waals surface area contributed by atoms with Gasteiger partial charge in [-0.1, -0.05) is 0 Å². The lowest BCUT2D eigenvalue weighted by atomic mass is 10.3. The molecule has 0 saturated heterocycles. The fourth-order valence-corrected chi connectivity index (χ4v) is 1.61. The smallest absolute Gasteiger partial charge is 0.0985 e. The van der Waals surface area contributed by atoms with Crippen LogP contribution < -0.4 is 5.32 Å². The van der Waals surface area contributed by atoms with E-state index in [9.17, 15) is 0 Å². The molecule has 0 amide bonds. The maximum Gasteiger partial charge on any atom is 0.0985 e. The molecule has 0 atom stereocenters. The molecule has 1 aromatic heterocycles. The maximum atomic E-state index is 4.06. The zero-order valence-corrected chi connectivity index (χ0v) is 5.61. The molecule has 0 aliphatic carbocycles. The number of thiophene rings is 1. The van der Waals surface area contributed by atoms with Gasteiger partial charge in [0.05, 0.1) is 17.9 Å². The summed E-state index contributed by atoms with van der Waals surface area (Å²) < 4.78 is 0. The zero-order valence-electron chi connectivity index (χ0n) is 4.79. The Balaban J connectivity index is 2.46. The van der Waals surface area contributed by atoms with Gasteiger partial charge < -0.3 is 5.32 Å². The summed E-state index contributed by atoms with van der Waals surface area (Å²) in [5.41, 5.74) is 1.31. The average molecular weight is 138 g/mol. The molecule has 3 heteroatoms. The quantitative estimate of drug-likeness (QED) is 0.579. The van der Waals surface area contributed by atoms with Crippen molar-refractivity contribution < 1.29 is 0 Å². The summed E-state index contributed by atoms with van der Waals surface area (Å²) in [5, 5.41) is 6.39. The van der Waals surface area contributed by atoms with Crippen molar-refractivity contribution in [3.8, 4) is 0 Å². The van der Waals surface area contributed by atoms with E-state index in [2.05, 4.69) is 21.8 Å². The van der Waals surface area contributed by atoms with Gasteiger partial charge in [0, 0.05) is 5.56 Å². The topological polar surface area (TPSA) is 24.4 Å². The fourth-order valence-electron chi connectivity index (χ4n) is 0.835. The first-order valence-corrected chi connectivity index (χ1v) is 3.66. The monoisotopic (exact) mass is 138 g/mol. The first-order chi connectivity index (χ1) is 4.47. The predicted molar refractivity (Wildman–Crippen MR) is 40.1 cm³/mol. The van der Waals surface area contributed by atoms with Crippen molar-refractivity contribution in [1.82, 2.24) is 0 Å². The Kier molecular flexibility index (Phi) is 1.02. The molecular formula is C6H6N2S. The van der Waals surface area contributed by atoms with Gasteiger partial charge in [-0.15, -0.1) is 11.3 Å². The normalized spacial score (nSPS) is 14.7. The minimum absolute atomic E-state index is 0.839. The molecule has 0 aromatic carbocycles. The van der Waals surface area contributed by atoms with Crippen molar-refractivity contribution in [3.63, 3.8) is 0 Å². The summed E-state index contributed by atoms with van der Waals surface area (Å²) in [6.07, 6.45) is 1.75. The van der Waals surface area contributed by atoms with E-state index in [0.717, 1.165) is 6.54 Å². The van der Waals surface area contributed by atoms with E-state index in [-0.39, 0.29) is 0 Å². The molecule has 2 rings (SSSR count). The fraction of sp³-hybridized carbons (Fsp3) is 0.167. The number of aliphatic imine (C=N–C) groups is 1. The Morgan fingerprint density at radius 2 is 2.67 bits per heavy atom. The van der Waals surface area contributed by atoms with Crippen LogP contribution in [0.2, 0.25) is 0 Å². The van der Waals surface area contributed by atoms with Gasteiger partial charge in [0.25, 0.3) is 0 Å². The van der Waals surface area contributed by atoms with E-state index < -0.39 is 0 Å². The molecule has 1 aliphatic heterocycles. The van der Waals surface area contributed by atoms with E-state index in [1.165, 1.54) is 10.6 Å². The number of nitrogens with one attached hydrogen (secondary N) is 1. The molecule has 9 heavy (non-hydrogen) atoms. The van der Waals surface area contributed by atoms with Crippen molar-refractivity contribution in [3.05, 3.63) is 17.0 Å². The highest BCUT2D eigenvalue weighted by Crippen LogP contribution is 2.24. The highest BCUT2D eigenvalue weighted by atomic mass is 32.1. The molecule has 0 unspecified atom stereocenters. The molecule has 0 fully saturated rings. The summed E-state index contributed by atoms with van der Waals surface area (Å²) in [7, 11) is 0. The maximum absolute atomic E-state index is 4.06. The summed E-state index contributed by atoms with van der Waals surface area (Å²) in [6, 6.07) is 2.10. The first kappa shape index (κ1) is 4.99. The van der Waals surface area contributed by atoms with E-state index in [1.807, 2.05) is 0 Å². The lowest BCUT2D eigenvalue weighted by Gasteiger charge is -2.04. The minimum Gasteiger partial charge on any atom is -0.338 e. The highest BCUT2D eigenvalue weighted by Gasteiger charge is 2.03. The van der Waals surface area contributed by atoms with Crippen LogP contribution in [0.5, 0.6) is 0 Å². The van der Waals surface area contributed by atoms with E-state index in [0.29, 0.717) is 0 Å². The van der Waals surface area contributed by atoms with Gasteiger partial charge in [-0.05, 0) is 11.4 Å². The number of hydrogen-bond acceptors (Lipinski definition) is 3. The van der Waals surface area contributed by atoms with Gasteiger partial charge in [-0.25, -0.2) is 0 Å². The third-order valence-electron chi connectivity index (χ3n) is 1.30. The number of hydrogen-bond donors (Lipinski definition) is 1. The van der Waals surface area contributed by atoms with Crippen LogP contribution in [-0.4, -0.2) is 6.34 Å². The number of fused-ring (bicyclic) bond motifs is 1. The van der Waals surface area contributed by atoms with E-state index >= 15 is 0 Å². The summed E-state index contributed by atoms with van der Waals surface area (Å²) in [6.45, 7) is 0.839. The molecule has 0 spiro atoms. The largest absolute Gasteiger partial charge is 0.338 e. The van der Waals surface area contributed by atoms with E-state index in [4.69, 9.17) is 0 Å². The Morgan fingerprint density at radius 1 is 1.67 bits per heavy atom. The van der Waals surface area contributed by atoms with Gasteiger partial charge in [-0.3, -0.25) is 4.99 Å². The Labute approximate surface area is 57.2 Å². The summed E-state index contributed by atoms with van der Waals surface area (Å²) >= 11 is 1.72. The second-order valence-corrected chi connectivity index (χ2v) is 2.81. The van der Waals surface area contributed by atoms with Crippen molar-refractivity contribution in [2.24, 2.45) is 4.99 Å². The molecule has 1 aliphatic rings. The van der Waals surface area contributed by atoms with Crippen LogP contribution in [-0.2, 0) is 6.54 Å². The molecular weight excluding hydrogens is 132 g/mol. The molecule has 2 nitrogen and oxygen atoms in total. The third-order valence-corrected chi connectivity index (χ3v) is 2.18. The Morgan fingerprint density at radius 3 is 3.56 bits per heavy atom. The van der Waals surface area contributed by atoms with Crippen LogP contribution in [0.4, 0.5) is 5.00 Å². The number of anilines is 1. The Hall–Kier alpha value is -0.830. The molecule has 0 saturated carbocycles. The molecule has 46 valence electrons. The van der Waals surface area contributed by atoms with Gasteiger partial charge in [0.2, 0.25) is 0 Å². The van der Waals surface area contributed by atoms with Crippen molar-refractivity contribution in [2.75, 3.05) is 5.32 Å². The summed E-state index contributed by atoms with van der Waals surface area (Å²) in [5.74, 6) is 0. The van der Waals surface area contributed by atoms with Crippen molar-refractivity contribution >= 4 is 22.7 Å². The van der Waals surface area contributed by atoms with Gasteiger partial charge >= 0.3 is 0 Å². The van der Waals surface area contributed by atoms with Crippen LogP contribution in [0.1, 0.15) is 5.56 Å². The number of rotatable bonds is 0. The standard InChI is InChI=1S/C6H6N2S/c1-2-9-6-5(1)3-7-4-8-6/h1-2,4H,3H2,(H,7,8). The first-order valence-electron chi connectivity index (χ1n) is 2.78. The molecule has 1 aromatic rings. The molecule has 0 bridgehead atoms. The van der Waals surface area contributed by atoms with E-state index in [1.54, 1.807) is 17.7 Å². The zero-order chi connectivity index (χ0) is 6.10. The second kappa shape index (κ2) is 1.84. The Bertz CT molecular complexity index is 216. The van der Waals surface area contributed by atoms with Crippen molar-refractivity contribution in [1.29, 1.82) is 0 Å². The third kappa shape index (κ3) is 0.733. The van der Waals surface area contributed by atoms with Gasteiger partial charge in [0.15, 0.2) is 0 Å². The van der Waals surface area contributed by atoms with Crippen LogP contribution in [0.15, 0.2) is 16.4 Å². The lowest BCUT2D eigenvalue weighted by Crippen LogP contribution is -2.00. The van der Waals surface area contributed by atoms with Gasteiger partial charge in [-0.2, -0.15) is 0 Å². The SMILES string of the molecule is C1=NCc2ccsc2N1. The van der Waals surface area contributed by atoms with Gasteiger partial charge in [0.1, 0.15) is 0 Å². The summed E-state index contributed by atoms with van der Waals surface area (Å²) in [4.78, 5) is 4.06. The van der Waals surface area contributed by atoms with Crippen molar-refractivity contribution in [2.45, 2.75) is 6.54 Å².